The molecule has 6 aromatic carbocycles. The highest BCUT2D eigenvalue weighted by Crippen LogP contribution is 2.52. The van der Waals surface area contributed by atoms with Gasteiger partial charge in [0.05, 0.1) is 22.4 Å². The number of rotatable bonds is 2. The lowest BCUT2D eigenvalue weighted by Gasteiger charge is -2.34. The minimum Gasteiger partial charge on any atom is -0.292 e. The fraction of sp³-hybridized carbons (Fsp3) is 0. The van der Waals surface area contributed by atoms with Gasteiger partial charge in [0.2, 0.25) is 0 Å². The summed E-state index contributed by atoms with van der Waals surface area (Å²) in [6.45, 7) is 0. The van der Waals surface area contributed by atoms with Crippen molar-refractivity contribution in [1.29, 1.82) is 0 Å². The molecule has 0 bridgehead atoms. The van der Waals surface area contributed by atoms with Crippen LogP contribution in [0.4, 0.5) is 17.2 Å². The van der Waals surface area contributed by atoms with Gasteiger partial charge < -0.3 is 0 Å². The minimum atomic E-state index is 0.837. The van der Waals surface area contributed by atoms with Gasteiger partial charge >= 0.3 is 0 Å². The topological polar surface area (TPSA) is 29.0 Å². The quantitative estimate of drug-likeness (QED) is 0.252. The second-order valence-electron chi connectivity index (χ2n) is 9.48. The van der Waals surface area contributed by atoms with Crippen molar-refractivity contribution in [2.75, 3.05) is 4.90 Å². The Balaban J connectivity index is 1.54. The van der Waals surface area contributed by atoms with Crippen LogP contribution in [0.25, 0.3) is 55.0 Å². The van der Waals surface area contributed by atoms with Crippen LogP contribution < -0.4 is 4.90 Å². The first-order valence-corrected chi connectivity index (χ1v) is 12.5. The molecule has 0 unspecified atom stereocenters. The molecule has 3 nitrogen and oxygen atoms in total. The van der Waals surface area contributed by atoms with E-state index in [-0.39, 0.29) is 0 Å². The lowest BCUT2D eigenvalue weighted by Crippen LogP contribution is -2.18. The summed E-state index contributed by atoms with van der Waals surface area (Å²) in [5.41, 5.74) is 8.38. The number of fused-ring (bicyclic) bond motifs is 4. The Hall–Kier alpha value is -5.02. The van der Waals surface area contributed by atoms with Gasteiger partial charge in [-0.25, -0.2) is 9.97 Å². The molecule has 0 spiro atoms. The van der Waals surface area contributed by atoms with Gasteiger partial charge in [-0.15, -0.1) is 0 Å². The monoisotopic (exact) mass is 471 g/mol. The highest BCUT2D eigenvalue weighted by atomic mass is 15.2. The van der Waals surface area contributed by atoms with Crippen LogP contribution in [0.5, 0.6) is 0 Å². The summed E-state index contributed by atoms with van der Waals surface area (Å²) in [5, 5.41) is 4.88. The number of hydrogen-bond donors (Lipinski definition) is 0. The average molecular weight is 472 g/mol. The molecule has 172 valence electrons. The Bertz CT molecular complexity index is 1990. The van der Waals surface area contributed by atoms with Crippen molar-refractivity contribution in [3.63, 3.8) is 0 Å². The maximum Gasteiger partial charge on any atom is 0.165 e. The SMILES string of the molecule is c1ccc(-c2nc3ccccc3nc2N2c3cc4ccccc4cc3-c3cccc4cccc2c34)cc1. The first-order valence-electron chi connectivity index (χ1n) is 12.5. The first kappa shape index (κ1) is 20.2. The highest BCUT2D eigenvalue weighted by molar-refractivity contribution is 6.16. The van der Waals surface area contributed by atoms with E-state index in [4.69, 9.17) is 9.97 Å². The Morgan fingerprint density at radius 3 is 1.92 bits per heavy atom. The number of anilines is 3. The third kappa shape index (κ3) is 3.01. The predicted molar refractivity (Wildman–Crippen MR) is 154 cm³/mol. The van der Waals surface area contributed by atoms with Gasteiger partial charge in [-0.3, -0.25) is 4.90 Å². The van der Waals surface area contributed by atoms with Crippen LogP contribution in [0.2, 0.25) is 0 Å². The normalized spacial score (nSPS) is 12.3. The minimum absolute atomic E-state index is 0.837. The largest absolute Gasteiger partial charge is 0.292 e. The average Bonchev–Trinajstić information content (AvgIpc) is 2.96. The molecule has 3 heteroatoms. The zero-order valence-electron chi connectivity index (χ0n) is 20.0. The van der Waals surface area contributed by atoms with E-state index in [1.54, 1.807) is 0 Å². The zero-order valence-corrected chi connectivity index (χ0v) is 20.0. The summed E-state index contributed by atoms with van der Waals surface area (Å²) in [6, 6.07) is 44.8. The Labute approximate surface area is 214 Å². The van der Waals surface area contributed by atoms with E-state index in [0.29, 0.717) is 0 Å². The molecule has 0 saturated carbocycles. The summed E-state index contributed by atoms with van der Waals surface area (Å²) in [5.74, 6) is 0.837. The molecular weight excluding hydrogens is 450 g/mol. The molecule has 0 fully saturated rings. The molecule has 7 aromatic rings. The Kier molecular flexibility index (Phi) is 4.23. The molecule has 0 aliphatic carbocycles. The van der Waals surface area contributed by atoms with Crippen molar-refractivity contribution in [1.82, 2.24) is 9.97 Å². The van der Waals surface area contributed by atoms with E-state index >= 15 is 0 Å². The summed E-state index contributed by atoms with van der Waals surface area (Å²) >= 11 is 0. The molecule has 0 saturated heterocycles. The summed E-state index contributed by atoms with van der Waals surface area (Å²) in [7, 11) is 0. The van der Waals surface area contributed by atoms with Gasteiger partial charge in [0.1, 0.15) is 5.69 Å². The van der Waals surface area contributed by atoms with Crippen molar-refractivity contribution in [3.8, 4) is 22.4 Å². The second kappa shape index (κ2) is 7.74. The molecule has 1 aliphatic rings. The lowest BCUT2D eigenvalue weighted by atomic mass is 9.89. The van der Waals surface area contributed by atoms with Crippen LogP contribution in [0.15, 0.2) is 127 Å². The molecule has 0 atom stereocenters. The first-order chi connectivity index (χ1) is 18.3. The van der Waals surface area contributed by atoms with Crippen LogP contribution >= 0.6 is 0 Å². The van der Waals surface area contributed by atoms with Crippen molar-refractivity contribution in [3.05, 3.63) is 127 Å². The number of nitrogens with zero attached hydrogens (tertiary/aromatic N) is 3. The number of para-hydroxylation sites is 2. The fourth-order valence-corrected chi connectivity index (χ4v) is 5.66. The summed E-state index contributed by atoms with van der Waals surface area (Å²) < 4.78 is 0. The van der Waals surface area contributed by atoms with Gasteiger partial charge in [-0.2, -0.15) is 0 Å². The maximum atomic E-state index is 5.28. The molecular formula is C34H21N3. The molecule has 8 rings (SSSR count). The van der Waals surface area contributed by atoms with E-state index in [1.165, 1.54) is 32.7 Å². The molecule has 0 amide bonds. The standard InChI is InChI=1S/C34H21N3/c1-2-10-23(11-3-1)33-34(36-29-18-7-6-17-28(29)35-33)37-30-19-9-15-22-14-8-16-26(32(22)30)27-20-24-12-4-5-13-25(24)21-31(27)37/h1-21H. The van der Waals surface area contributed by atoms with Crippen molar-refractivity contribution in [2.45, 2.75) is 0 Å². The zero-order chi connectivity index (χ0) is 24.3. The maximum absolute atomic E-state index is 5.28. The molecule has 1 aromatic heterocycles. The van der Waals surface area contributed by atoms with E-state index < -0.39 is 0 Å². The third-order valence-corrected chi connectivity index (χ3v) is 7.33. The summed E-state index contributed by atoms with van der Waals surface area (Å²) in [4.78, 5) is 12.8. The van der Waals surface area contributed by atoms with Crippen molar-refractivity contribution < 1.29 is 0 Å². The van der Waals surface area contributed by atoms with Crippen LogP contribution in [0, 0.1) is 0 Å². The van der Waals surface area contributed by atoms with Gasteiger partial charge in [0.15, 0.2) is 5.82 Å². The highest BCUT2D eigenvalue weighted by Gasteiger charge is 2.29. The van der Waals surface area contributed by atoms with E-state index in [1.807, 2.05) is 30.3 Å². The fourth-order valence-electron chi connectivity index (χ4n) is 5.66. The van der Waals surface area contributed by atoms with Crippen LogP contribution in [-0.2, 0) is 0 Å². The van der Waals surface area contributed by atoms with Crippen molar-refractivity contribution in [2.24, 2.45) is 0 Å². The molecule has 0 N–H and O–H groups in total. The van der Waals surface area contributed by atoms with Gasteiger partial charge in [-0.1, -0.05) is 97.1 Å². The predicted octanol–water partition coefficient (Wildman–Crippen LogP) is 9.05. The number of hydrogen-bond acceptors (Lipinski definition) is 3. The van der Waals surface area contributed by atoms with Gasteiger partial charge in [-0.05, 0) is 52.1 Å². The molecule has 37 heavy (non-hydrogen) atoms. The number of benzene rings is 6. The Morgan fingerprint density at radius 2 is 1.11 bits per heavy atom. The van der Waals surface area contributed by atoms with E-state index in [2.05, 4.69) is 102 Å². The smallest absolute Gasteiger partial charge is 0.165 e. The van der Waals surface area contributed by atoms with Crippen molar-refractivity contribution >= 4 is 49.8 Å². The Morgan fingerprint density at radius 1 is 0.459 bits per heavy atom. The molecule has 2 heterocycles. The van der Waals surface area contributed by atoms with Gasteiger partial charge in [0.25, 0.3) is 0 Å². The number of aromatic nitrogens is 2. The summed E-state index contributed by atoms with van der Waals surface area (Å²) in [6.07, 6.45) is 0. The third-order valence-electron chi connectivity index (χ3n) is 7.33. The molecule has 0 radical (unpaired) electrons. The lowest BCUT2D eigenvalue weighted by molar-refractivity contribution is 1.18. The second-order valence-corrected chi connectivity index (χ2v) is 9.48. The van der Waals surface area contributed by atoms with Gasteiger partial charge in [0, 0.05) is 16.5 Å². The van der Waals surface area contributed by atoms with Crippen LogP contribution in [0.3, 0.4) is 0 Å². The van der Waals surface area contributed by atoms with Crippen LogP contribution in [-0.4, -0.2) is 9.97 Å². The van der Waals surface area contributed by atoms with E-state index in [0.717, 1.165) is 39.5 Å². The molecule has 1 aliphatic heterocycles. The van der Waals surface area contributed by atoms with E-state index in [9.17, 15) is 0 Å². The van der Waals surface area contributed by atoms with Crippen LogP contribution in [0.1, 0.15) is 0 Å².